The Labute approximate surface area is 237 Å². The molecule has 12 heteroatoms. The van der Waals surface area contributed by atoms with Gasteiger partial charge in [-0.3, -0.25) is 14.4 Å². The van der Waals surface area contributed by atoms with Crippen LogP contribution in [-0.4, -0.2) is 74.9 Å². The number of fused-ring (bicyclic) bond motifs is 1. The molecule has 0 atom stereocenters. The van der Waals surface area contributed by atoms with Gasteiger partial charge in [-0.1, -0.05) is 44.2 Å². The number of Topliss-reactive ketones (excluding diaryl/α,β-unsaturated/α-hetero) is 1. The fourth-order valence-corrected chi connectivity index (χ4v) is 4.26. The number of allylic oxidation sites excluding steroid dienone is 1. The average molecular weight is 557 g/mol. The Hall–Kier alpha value is -5.15. The topological polar surface area (TPSA) is 173 Å². The molecule has 0 spiro atoms. The first kappa shape index (κ1) is 30.4. The lowest BCUT2D eigenvalue weighted by molar-refractivity contribution is -0.104. The number of nitrogens with one attached hydrogen (secondary N) is 1. The molecule has 0 unspecified atom stereocenters. The SMILES string of the molecule is CC.CN1CCC(=C(C#N)c2ccccc2)CC1.COc1cnc(-n2cnc(C(N)=O)n2)c2[nH]cc(C(=O)C=O)c12. The normalized spacial score (nSPS) is 12.7. The molecule has 1 aromatic carbocycles. The number of carbonyl (C=O) groups excluding carboxylic acids is 3. The number of nitrogens with two attached hydrogens (primary N) is 1. The minimum atomic E-state index is -0.781. The van der Waals surface area contributed by atoms with Gasteiger partial charge in [0.2, 0.25) is 11.6 Å². The molecule has 3 aromatic heterocycles. The Balaban J connectivity index is 0.000000225. The molecule has 212 valence electrons. The number of amides is 1. The molecule has 4 heterocycles. The quantitative estimate of drug-likeness (QED) is 0.156. The van der Waals surface area contributed by atoms with E-state index in [-0.39, 0.29) is 23.5 Å². The summed E-state index contributed by atoms with van der Waals surface area (Å²) in [6.07, 6.45) is 6.27. The molecule has 1 amide bonds. The van der Waals surface area contributed by atoms with Gasteiger partial charge in [-0.2, -0.15) is 9.94 Å². The van der Waals surface area contributed by atoms with E-state index in [1.807, 2.05) is 44.2 Å². The first-order valence-corrected chi connectivity index (χ1v) is 13.0. The number of aromatic nitrogens is 5. The van der Waals surface area contributed by atoms with Crippen LogP contribution in [0.4, 0.5) is 0 Å². The molecule has 3 N–H and O–H groups in total. The summed E-state index contributed by atoms with van der Waals surface area (Å²) in [4.78, 5) is 46.7. The second-order valence-corrected chi connectivity index (χ2v) is 8.72. The fraction of sp³-hybridized carbons (Fsp3) is 0.276. The predicted octanol–water partition coefficient (Wildman–Crippen LogP) is 3.35. The fourth-order valence-electron chi connectivity index (χ4n) is 4.26. The van der Waals surface area contributed by atoms with Crippen LogP contribution in [0.1, 0.15) is 53.2 Å². The van der Waals surface area contributed by atoms with Gasteiger partial charge >= 0.3 is 0 Å². The first-order valence-electron chi connectivity index (χ1n) is 13.0. The van der Waals surface area contributed by atoms with E-state index in [4.69, 9.17) is 10.5 Å². The minimum Gasteiger partial charge on any atom is -0.494 e. The van der Waals surface area contributed by atoms with E-state index in [1.165, 1.54) is 36.1 Å². The number of nitriles is 1. The van der Waals surface area contributed by atoms with Crippen molar-refractivity contribution in [3.05, 3.63) is 71.6 Å². The lowest BCUT2D eigenvalue weighted by atomic mass is 9.94. The first-order chi connectivity index (χ1) is 19.9. The van der Waals surface area contributed by atoms with Crippen LogP contribution in [0.2, 0.25) is 0 Å². The lowest BCUT2D eigenvalue weighted by Gasteiger charge is -2.25. The van der Waals surface area contributed by atoms with Gasteiger partial charge in [0.05, 0.1) is 41.4 Å². The minimum absolute atomic E-state index is 0.144. The Kier molecular flexibility index (Phi) is 10.6. The number of methoxy groups -OCH3 is 1. The molecule has 0 bridgehead atoms. The maximum atomic E-state index is 11.7. The molecule has 1 aliphatic rings. The van der Waals surface area contributed by atoms with Crippen LogP contribution in [0.5, 0.6) is 5.75 Å². The van der Waals surface area contributed by atoms with Crippen molar-refractivity contribution in [3.63, 3.8) is 0 Å². The predicted molar refractivity (Wildman–Crippen MR) is 154 cm³/mol. The third kappa shape index (κ3) is 6.90. The van der Waals surface area contributed by atoms with E-state index < -0.39 is 11.7 Å². The summed E-state index contributed by atoms with van der Waals surface area (Å²) < 4.78 is 6.42. The van der Waals surface area contributed by atoms with E-state index in [2.05, 4.69) is 38.1 Å². The Bertz CT molecular complexity index is 1590. The van der Waals surface area contributed by atoms with Gasteiger partial charge in [-0.25, -0.2) is 9.97 Å². The summed E-state index contributed by atoms with van der Waals surface area (Å²) in [6.45, 7) is 6.13. The number of ketones is 1. The number of rotatable bonds is 6. The lowest BCUT2D eigenvalue weighted by Crippen LogP contribution is -2.26. The summed E-state index contributed by atoms with van der Waals surface area (Å²) in [7, 11) is 3.55. The Morgan fingerprint density at radius 2 is 1.83 bits per heavy atom. The number of hydrogen-bond acceptors (Lipinski definition) is 9. The number of ether oxygens (including phenoxy) is 1. The number of hydrogen-bond donors (Lipinski definition) is 2. The number of aromatic amines is 1. The molecule has 1 aliphatic heterocycles. The molecular formula is C29H32N8O4. The molecule has 0 aliphatic carbocycles. The summed E-state index contributed by atoms with van der Waals surface area (Å²) in [5, 5.41) is 13.6. The monoisotopic (exact) mass is 556 g/mol. The van der Waals surface area contributed by atoms with Gasteiger partial charge in [0, 0.05) is 19.3 Å². The standard InChI is InChI=1S/C14H16N2.C13H10N6O4.C2H6/c1-16-9-7-13(8-10-16)14(11-15)12-5-3-2-4-6-12;1-23-8-3-16-13(19-5-17-12(18-19)11(14)22)10-9(8)6(2-15-10)7(21)4-20;1-2/h2-6H,7-10H2,1H3;2-5,15H,1H3,(H2,14,22);1-2H3. The number of piperidine rings is 1. The zero-order valence-electron chi connectivity index (χ0n) is 23.4. The maximum Gasteiger partial charge on any atom is 0.288 e. The summed E-state index contributed by atoms with van der Waals surface area (Å²) >= 11 is 0. The van der Waals surface area contributed by atoms with Gasteiger partial charge in [0.15, 0.2) is 12.1 Å². The van der Waals surface area contributed by atoms with Crippen molar-refractivity contribution in [3.8, 4) is 17.6 Å². The number of pyridine rings is 1. The largest absolute Gasteiger partial charge is 0.494 e. The smallest absolute Gasteiger partial charge is 0.288 e. The summed E-state index contributed by atoms with van der Waals surface area (Å²) in [5.41, 5.74) is 8.91. The van der Waals surface area contributed by atoms with Crippen molar-refractivity contribution < 1.29 is 19.1 Å². The van der Waals surface area contributed by atoms with Crippen LogP contribution in [-0.2, 0) is 4.79 Å². The maximum absolute atomic E-state index is 11.7. The number of benzene rings is 1. The molecule has 1 fully saturated rings. The summed E-state index contributed by atoms with van der Waals surface area (Å²) in [5.74, 6) is -1.08. The number of primary amides is 1. The van der Waals surface area contributed by atoms with Gasteiger partial charge in [-0.05, 0) is 31.0 Å². The van der Waals surface area contributed by atoms with Gasteiger partial charge in [0.25, 0.3) is 5.91 Å². The molecule has 0 saturated carbocycles. The molecule has 5 rings (SSSR count). The van der Waals surface area contributed by atoms with Crippen LogP contribution in [0, 0.1) is 11.3 Å². The van der Waals surface area contributed by atoms with Crippen LogP contribution < -0.4 is 10.5 Å². The molecule has 4 aromatic rings. The number of H-pyrrole nitrogens is 1. The van der Waals surface area contributed by atoms with E-state index in [1.54, 1.807) is 0 Å². The van der Waals surface area contributed by atoms with E-state index >= 15 is 0 Å². The zero-order valence-corrected chi connectivity index (χ0v) is 23.4. The van der Waals surface area contributed by atoms with Crippen molar-refractivity contribution in [1.29, 1.82) is 5.26 Å². The van der Waals surface area contributed by atoms with Crippen LogP contribution >= 0.6 is 0 Å². The highest BCUT2D eigenvalue weighted by molar-refractivity contribution is 6.36. The van der Waals surface area contributed by atoms with Crippen LogP contribution in [0.3, 0.4) is 0 Å². The van der Waals surface area contributed by atoms with E-state index in [0.717, 1.165) is 37.1 Å². The van der Waals surface area contributed by atoms with Crippen molar-refractivity contribution in [2.75, 3.05) is 27.2 Å². The van der Waals surface area contributed by atoms with E-state index in [9.17, 15) is 19.6 Å². The van der Waals surface area contributed by atoms with Crippen LogP contribution in [0.25, 0.3) is 22.3 Å². The highest BCUT2D eigenvalue weighted by atomic mass is 16.5. The second-order valence-electron chi connectivity index (χ2n) is 8.72. The van der Waals surface area contributed by atoms with Gasteiger partial charge in [0.1, 0.15) is 12.1 Å². The highest BCUT2D eigenvalue weighted by Crippen LogP contribution is 2.31. The number of carbonyl (C=O) groups is 3. The second kappa shape index (κ2) is 14.3. The number of likely N-dealkylation sites (tertiary alicyclic amines) is 1. The number of nitrogens with zero attached hydrogens (tertiary/aromatic N) is 6. The number of aldehydes is 1. The third-order valence-corrected chi connectivity index (χ3v) is 6.29. The molecular weight excluding hydrogens is 524 g/mol. The van der Waals surface area contributed by atoms with E-state index in [0.29, 0.717) is 16.7 Å². The Morgan fingerprint density at radius 3 is 2.39 bits per heavy atom. The summed E-state index contributed by atoms with van der Waals surface area (Å²) in [6, 6.07) is 12.4. The van der Waals surface area contributed by atoms with Crippen molar-refractivity contribution in [2.45, 2.75) is 26.7 Å². The third-order valence-electron chi connectivity index (χ3n) is 6.29. The van der Waals surface area contributed by atoms with Crippen molar-refractivity contribution in [1.82, 2.24) is 29.6 Å². The van der Waals surface area contributed by atoms with Crippen molar-refractivity contribution >= 4 is 34.5 Å². The van der Waals surface area contributed by atoms with Crippen molar-refractivity contribution in [2.24, 2.45) is 5.73 Å². The van der Waals surface area contributed by atoms with Gasteiger partial charge < -0.3 is 20.4 Å². The molecule has 0 radical (unpaired) electrons. The van der Waals surface area contributed by atoms with Crippen LogP contribution in [0.15, 0.2) is 54.6 Å². The van der Waals surface area contributed by atoms with Gasteiger partial charge in [-0.15, -0.1) is 5.10 Å². The molecule has 12 nitrogen and oxygen atoms in total. The Morgan fingerprint density at radius 1 is 1.15 bits per heavy atom. The molecule has 41 heavy (non-hydrogen) atoms. The molecule has 1 saturated heterocycles. The highest BCUT2D eigenvalue weighted by Gasteiger charge is 2.20. The average Bonchev–Trinajstić information content (AvgIpc) is 3.68. The zero-order chi connectivity index (χ0) is 29.9.